The van der Waals surface area contributed by atoms with E-state index >= 15 is 0 Å². The fourth-order valence-electron chi connectivity index (χ4n) is 1.49. The lowest BCUT2D eigenvalue weighted by Crippen LogP contribution is -2.37. The van der Waals surface area contributed by atoms with Crippen LogP contribution < -0.4 is 10.5 Å². The fourth-order valence-corrected chi connectivity index (χ4v) is 1.49. The second kappa shape index (κ2) is 6.66. The summed E-state index contributed by atoms with van der Waals surface area (Å²) < 4.78 is 5.47. The highest BCUT2D eigenvalue weighted by molar-refractivity contribution is 5.96. The summed E-state index contributed by atoms with van der Waals surface area (Å²) in [4.78, 5) is 16.2. The number of pyridine rings is 1. The van der Waals surface area contributed by atoms with E-state index in [1.165, 1.54) is 0 Å². The maximum absolute atomic E-state index is 12.2. The molecule has 0 aliphatic heterocycles. The number of hydrogen-bond acceptors (Lipinski definition) is 4. The first-order chi connectivity index (χ1) is 8.84. The standard InChI is InChI=1S/C15H24N2O2/c1-5-6-19-12-7-11(9-17-10-12)13(18)8-14(16)15(2,3)4/h7,9-10,14H,5-6,8,16H2,1-4H3. The van der Waals surface area contributed by atoms with Gasteiger partial charge in [0.1, 0.15) is 5.75 Å². The van der Waals surface area contributed by atoms with Crippen molar-refractivity contribution in [3.8, 4) is 5.75 Å². The van der Waals surface area contributed by atoms with Gasteiger partial charge in [-0.25, -0.2) is 0 Å². The zero-order chi connectivity index (χ0) is 14.5. The quantitative estimate of drug-likeness (QED) is 0.802. The Labute approximate surface area is 115 Å². The van der Waals surface area contributed by atoms with Gasteiger partial charge < -0.3 is 10.5 Å². The van der Waals surface area contributed by atoms with Gasteiger partial charge in [-0.1, -0.05) is 27.7 Å². The Morgan fingerprint density at radius 2 is 2.11 bits per heavy atom. The maximum Gasteiger partial charge on any atom is 0.166 e. The predicted octanol–water partition coefficient (Wildman–Crippen LogP) is 2.82. The number of Topliss-reactive ketones (excluding diaryl/α,β-unsaturated/α-hetero) is 1. The number of carbonyl (C=O) groups excluding carboxylic acids is 1. The minimum atomic E-state index is -0.166. The van der Waals surface area contributed by atoms with Crippen molar-refractivity contribution in [2.45, 2.75) is 46.6 Å². The largest absolute Gasteiger partial charge is 0.492 e. The van der Waals surface area contributed by atoms with Crippen molar-refractivity contribution in [2.24, 2.45) is 11.1 Å². The number of aromatic nitrogens is 1. The van der Waals surface area contributed by atoms with E-state index in [-0.39, 0.29) is 17.2 Å². The van der Waals surface area contributed by atoms with Crippen molar-refractivity contribution in [1.82, 2.24) is 4.98 Å². The van der Waals surface area contributed by atoms with Crippen LogP contribution in [0.3, 0.4) is 0 Å². The Morgan fingerprint density at radius 1 is 1.42 bits per heavy atom. The predicted molar refractivity (Wildman–Crippen MR) is 76.4 cm³/mol. The molecule has 1 rings (SSSR count). The van der Waals surface area contributed by atoms with Crippen molar-refractivity contribution >= 4 is 5.78 Å². The van der Waals surface area contributed by atoms with Crippen LogP contribution in [0.5, 0.6) is 5.75 Å². The second-order valence-electron chi connectivity index (χ2n) is 5.86. The molecule has 2 N–H and O–H groups in total. The summed E-state index contributed by atoms with van der Waals surface area (Å²) in [5.74, 6) is 0.647. The number of ether oxygens (including phenoxy) is 1. The van der Waals surface area contributed by atoms with Gasteiger partial charge in [-0.05, 0) is 17.9 Å². The van der Waals surface area contributed by atoms with Crippen LogP contribution in [-0.4, -0.2) is 23.4 Å². The summed E-state index contributed by atoms with van der Waals surface area (Å²) in [6, 6.07) is 1.57. The third kappa shape index (κ3) is 4.99. The number of rotatable bonds is 6. The van der Waals surface area contributed by atoms with Crippen LogP contribution in [-0.2, 0) is 0 Å². The van der Waals surface area contributed by atoms with E-state index in [0.29, 0.717) is 24.3 Å². The average Bonchev–Trinajstić information content (AvgIpc) is 2.35. The Balaban J connectivity index is 2.72. The van der Waals surface area contributed by atoms with Crippen molar-refractivity contribution < 1.29 is 9.53 Å². The molecule has 0 spiro atoms. The zero-order valence-corrected chi connectivity index (χ0v) is 12.3. The van der Waals surface area contributed by atoms with Gasteiger partial charge in [-0.3, -0.25) is 9.78 Å². The van der Waals surface area contributed by atoms with Gasteiger partial charge in [0.15, 0.2) is 5.78 Å². The van der Waals surface area contributed by atoms with Gasteiger partial charge >= 0.3 is 0 Å². The van der Waals surface area contributed by atoms with Crippen molar-refractivity contribution in [1.29, 1.82) is 0 Å². The summed E-state index contributed by atoms with van der Waals surface area (Å²) >= 11 is 0. The molecule has 1 heterocycles. The lowest BCUT2D eigenvalue weighted by molar-refractivity contribution is 0.0952. The molecule has 1 unspecified atom stereocenters. The molecule has 1 aromatic rings. The third-order valence-corrected chi connectivity index (χ3v) is 3.03. The molecule has 0 aliphatic rings. The lowest BCUT2D eigenvalue weighted by atomic mass is 9.84. The molecule has 1 aromatic heterocycles. The van der Waals surface area contributed by atoms with Crippen molar-refractivity contribution in [3.63, 3.8) is 0 Å². The number of nitrogens with two attached hydrogens (primary N) is 1. The van der Waals surface area contributed by atoms with Gasteiger partial charge in [0.2, 0.25) is 0 Å². The Hall–Kier alpha value is -1.42. The molecule has 0 aliphatic carbocycles. The summed E-state index contributed by atoms with van der Waals surface area (Å²) in [7, 11) is 0. The van der Waals surface area contributed by atoms with Crippen LogP contribution in [0.1, 0.15) is 50.9 Å². The molecule has 4 nitrogen and oxygen atoms in total. The van der Waals surface area contributed by atoms with E-state index in [4.69, 9.17) is 10.5 Å². The van der Waals surface area contributed by atoms with E-state index in [9.17, 15) is 4.79 Å². The van der Waals surface area contributed by atoms with E-state index < -0.39 is 0 Å². The minimum Gasteiger partial charge on any atom is -0.492 e. The minimum absolute atomic E-state index is 0.0110. The lowest BCUT2D eigenvalue weighted by Gasteiger charge is -2.26. The Kier molecular flexibility index (Phi) is 5.48. The molecule has 0 saturated carbocycles. The highest BCUT2D eigenvalue weighted by Crippen LogP contribution is 2.22. The molecule has 0 radical (unpaired) electrons. The Bertz CT molecular complexity index is 424. The first-order valence-electron chi connectivity index (χ1n) is 6.71. The van der Waals surface area contributed by atoms with Crippen LogP contribution >= 0.6 is 0 Å². The third-order valence-electron chi connectivity index (χ3n) is 3.03. The van der Waals surface area contributed by atoms with Crippen LogP contribution in [0, 0.1) is 5.41 Å². The highest BCUT2D eigenvalue weighted by atomic mass is 16.5. The zero-order valence-electron chi connectivity index (χ0n) is 12.3. The summed E-state index contributed by atoms with van der Waals surface area (Å²) in [5.41, 5.74) is 6.51. The van der Waals surface area contributed by atoms with Gasteiger partial charge in [0.25, 0.3) is 0 Å². The molecule has 0 bridgehead atoms. The van der Waals surface area contributed by atoms with E-state index in [1.54, 1.807) is 18.5 Å². The fraction of sp³-hybridized carbons (Fsp3) is 0.600. The summed E-state index contributed by atoms with van der Waals surface area (Å²) in [6.45, 7) is 8.75. The van der Waals surface area contributed by atoms with Crippen molar-refractivity contribution in [2.75, 3.05) is 6.61 Å². The molecule has 106 valence electrons. The van der Waals surface area contributed by atoms with Crippen LogP contribution in [0.15, 0.2) is 18.5 Å². The number of nitrogens with zero attached hydrogens (tertiary/aromatic N) is 1. The number of hydrogen-bond donors (Lipinski definition) is 1. The van der Waals surface area contributed by atoms with E-state index in [2.05, 4.69) is 4.98 Å². The van der Waals surface area contributed by atoms with Crippen LogP contribution in [0.25, 0.3) is 0 Å². The first kappa shape index (κ1) is 15.6. The smallest absolute Gasteiger partial charge is 0.166 e. The van der Waals surface area contributed by atoms with E-state index in [1.807, 2.05) is 27.7 Å². The average molecular weight is 264 g/mol. The summed E-state index contributed by atoms with van der Waals surface area (Å²) in [6.07, 6.45) is 4.43. The normalized spacial score (nSPS) is 13.1. The number of carbonyl (C=O) groups is 1. The molecule has 1 atom stereocenters. The number of ketones is 1. The molecular formula is C15H24N2O2. The molecular weight excluding hydrogens is 240 g/mol. The molecule has 0 aromatic carbocycles. The van der Waals surface area contributed by atoms with Crippen LogP contribution in [0.4, 0.5) is 0 Å². The SMILES string of the molecule is CCCOc1cncc(C(=O)CC(N)C(C)(C)C)c1. The van der Waals surface area contributed by atoms with Gasteiger partial charge in [-0.15, -0.1) is 0 Å². The second-order valence-corrected chi connectivity index (χ2v) is 5.86. The van der Waals surface area contributed by atoms with E-state index in [0.717, 1.165) is 6.42 Å². The molecule has 0 amide bonds. The molecule has 0 saturated heterocycles. The molecule has 4 heteroatoms. The summed E-state index contributed by atoms with van der Waals surface area (Å²) in [5, 5.41) is 0. The monoisotopic (exact) mass is 264 g/mol. The van der Waals surface area contributed by atoms with Crippen molar-refractivity contribution in [3.05, 3.63) is 24.0 Å². The first-order valence-corrected chi connectivity index (χ1v) is 6.71. The Morgan fingerprint density at radius 3 is 2.68 bits per heavy atom. The van der Waals surface area contributed by atoms with Gasteiger partial charge in [0, 0.05) is 24.2 Å². The topological polar surface area (TPSA) is 65.2 Å². The van der Waals surface area contributed by atoms with Gasteiger partial charge in [0.05, 0.1) is 12.8 Å². The van der Waals surface area contributed by atoms with Crippen LogP contribution in [0.2, 0.25) is 0 Å². The molecule has 19 heavy (non-hydrogen) atoms. The molecule has 0 fully saturated rings. The maximum atomic E-state index is 12.2. The highest BCUT2D eigenvalue weighted by Gasteiger charge is 2.23. The van der Waals surface area contributed by atoms with Gasteiger partial charge in [-0.2, -0.15) is 0 Å².